The van der Waals surface area contributed by atoms with E-state index in [1.165, 1.54) is 5.56 Å². The standard InChI is InChI=1S/C25H26N2O2/c1-19(2)21-13-15-22(16-14-21)26-24(28)17-25(29)27(23-11-7-4-8-12-23)18-20-9-5-3-6-10-20/h3-16,19H,17-18H2,1-2H3,(H,26,28). The lowest BCUT2D eigenvalue weighted by molar-refractivity contribution is -0.125. The van der Waals surface area contributed by atoms with Crippen molar-refractivity contribution in [3.63, 3.8) is 0 Å². The maximum absolute atomic E-state index is 13.0. The second-order valence-electron chi connectivity index (χ2n) is 7.30. The zero-order valence-corrected chi connectivity index (χ0v) is 16.8. The summed E-state index contributed by atoms with van der Waals surface area (Å²) in [5.74, 6) is -0.128. The van der Waals surface area contributed by atoms with Gasteiger partial charge in [0.15, 0.2) is 0 Å². The van der Waals surface area contributed by atoms with E-state index in [-0.39, 0.29) is 18.2 Å². The van der Waals surface area contributed by atoms with Crippen molar-refractivity contribution in [3.8, 4) is 0 Å². The fraction of sp³-hybridized carbons (Fsp3) is 0.200. The Morgan fingerprint density at radius 3 is 2.00 bits per heavy atom. The molecule has 0 aliphatic heterocycles. The Labute approximate surface area is 172 Å². The van der Waals surface area contributed by atoms with Crippen LogP contribution < -0.4 is 10.2 Å². The Morgan fingerprint density at radius 1 is 0.828 bits per heavy atom. The van der Waals surface area contributed by atoms with E-state index >= 15 is 0 Å². The van der Waals surface area contributed by atoms with E-state index in [0.717, 1.165) is 11.3 Å². The Balaban J connectivity index is 1.69. The number of amides is 2. The summed E-state index contributed by atoms with van der Waals surface area (Å²) < 4.78 is 0. The third-order valence-electron chi connectivity index (χ3n) is 4.73. The molecule has 0 unspecified atom stereocenters. The SMILES string of the molecule is CC(C)c1ccc(NC(=O)CC(=O)N(Cc2ccccc2)c2ccccc2)cc1. The molecule has 0 bridgehead atoms. The van der Waals surface area contributed by atoms with Crippen molar-refractivity contribution in [1.82, 2.24) is 0 Å². The molecule has 0 atom stereocenters. The van der Waals surface area contributed by atoms with E-state index in [0.29, 0.717) is 18.2 Å². The molecule has 3 aromatic rings. The second-order valence-corrected chi connectivity index (χ2v) is 7.30. The van der Waals surface area contributed by atoms with Crippen LogP contribution in [0.5, 0.6) is 0 Å². The minimum Gasteiger partial charge on any atom is -0.326 e. The number of anilines is 2. The zero-order valence-electron chi connectivity index (χ0n) is 16.8. The van der Waals surface area contributed by atoms with Gasteiger partial charge in [-0.2, -0.15) is 0 Å². The number of carbonyl (C=O) groups is 2. The minimum atomic E-state index is -0.318. The van der Waals surface area contributed by atoms with E-state index in [2.05, 4.69) is 19.2 Å². The van der Waals surface area contributed by atoms with Gasteiger partial charge in [0.05, 0.1) is 6.54 Å². The van der Waals surface area contributed by atoms with Gasteiger partial charge >= 0.3 is 0 Å². The van der Waals surface area contributed by atoms with Crippen molar-refractivity contribution in [2.24, 2.45) is 0 Å². The summed E-state index contributed by atoms with van der Waals surface area (Å²) in [5, 5.41) is 2.82. The average Bonchev–Trinajstić information content (AvgIpc) is 2.73. The Bertz CT molecular complexity index is 936. The van der Waals surface area contributed by atoms with E-state index in [1.807, 2.05) is 84.9 Å². The summed E-state index contributed by atoms with van der Waals surface area (Å²) in [5.41, 5.74) is 3.68. The van der Waals surface area contributed by atoms with Gasteiger partial charge in [-0.3, -0.25) is 9.59 Å². The smallest absolute Gasteiger partial charge is 0.236 e. The first-order valence-corrected chi connectivity index (χ1v) is 9.82. The summed E-state index contributed by atoms with van der Waals surface area (Å²) in [7, 11) is 0. The van der Waals surface area contributed by atoms with Crippen molar-refractivity contribution < 1.29 is 9.59 Å². The molecule has 4 nitrogen and oxygen atoms in total. The van der Waals surface area contributed by atoms with Gasteiger partial charge in [0, 0.05) is 11.4 Å². The van der Waals surface area contributed by atoms with Crippen LogP contribution >= 0.6 is 0 Å². The number of hydrogen-bond acceptors (Lipinski definition) is 2. The molecule has 2 amide bonds. The number of benzene rings is 3. The molecule has 29 heavy (non-hydrogen) atoms. The van der Waals surface area contributed by atoms with Crippen molar-refractivity contribution in [2.75, 3.05) is 10.2 Å². The van der Waals surface area contributed by atoms with Crippen LogP contribution in [0.3, 0.4) is 0 Å². The van der Waals surface area contributed by atoms with E-state index < -0.39 is 0 Å². The van der Waals surface area contributed by atoms with Gasteiger partial charge in [-0.25, -0.2) is 0 Å². The number of rotatable bonds is 7. The summed E-state index contributed by atoms with van der Waals surface area (Å²) in [6, 6.07) is 26.9. The van der Waals surface area contributed by atoms with Crippen molar-refractivity contribution >= 4 is 23.2 Å². The molecule has 0 saturated heterocycles. The molecule has 1 N–H and O–H groups in total. The molecule has 0 fully saturated rings. The molecular formula is C25H26N2O2. The first-order chi connectivity index (χ1) is 14.0. The van der Waals surface area contributed by atoms with Crippen LogP contribution in [0.1, 0.15) is 37.3 Å². The molecule has 0 aliphatic carbocycles. The largest absolute Gasteiger partial charge is 0.326 e. The normalized spacial score (nSPS) is 10.6. The maximum atomic E-state index is 13.0. The van der Waals surface area contributed by atoms with E-state index in [4.69, 9.17) is 0 Å². The lowest BCUT2D eigenvalue weighted by Gasteiger charge is -2.23. The predicted molar refractivity (Wildman–Crippen MR) is 118 cm³/mol. The van der Waals surface area contributed by atoms with Crippen LogP contribution in [0.2, 0.25) is 0 Å². The predicted octanol–water partition coefficient (Wildman–Crippen LogP) is 5.37. The van der Waals surface area contributed by atoms with Gasteiger partial charge in [0.25, 0.3) is 0 Å². The minimum absolute atomic E-state index is 0.215. The summed E-state index contributed by atoms with van der Waals surface area (Å²) >= 11 is 0. The fourth-order valence-electron chi connectivity index (χ4n) is 3.09. The van der Waals surface area contributed by atoms with Gasteiger partial charge < -0.3 is 10.2 Å². The van der Waals surface area contributed by atoms with Crippen molar-refractivity contribution in [3.05, 3.63) is 96.1 Å². The molecule has 148 valence electrons. The first-order valence-electron chi connectivity index (χ1n) is 9.82. The third kappa shape index (κ3) is 5.79. The van der Waals surface area contributed by atoms with Crippen LogP contribution in [-0.2, 0) is 16.1 Å². The van der Waals surface area contributed by atoms with Gasteiger partial charge in [-0.1, -0.05) is 74.5 Å². The number of para-hydroxylation sites is 1. The summed E-state index contributed by atoms with van der Waals surface area (Å²) in [6.45, 7) is 4.66. The molecule has 4 heteroatoms. The first kappa shape index (κ1) is 20.3. The van der Waals surface area contributed by atoms with Gasteiger partial charge in [-0.05, 0) is 41.3 Å². The van der Waals surface area contributed by atoms with Gasteiger partial charge in [-0.15, -0.1) is 0 Å². The highest BCUT2D eigenvalue weighted by Gasteiger charge is 2.19. The van der Waals surface area contributed by atoms with Crippen molar-refractivity contribution in [1.29, 1.82) is 0 Å². The van der Waals surface area contributed by atoms with E-state index in [9.17, 15) is 9.59 Å². The maximum Gasteiger partial charge on any atom is 0.236 e. The molecule has 0 spiro atoms. The molecule has 0 aliphatic rings. The van der Waals surface area contributed by atoms with E-state index in [1.54, 1.807) is 4.90 Å². The molecule has 0 radical (unpaired) electrons. The van der Waals surface area contributed by atoms with Gasteiger partial charge in [0.1, 0.15) is 6.42 Å². The van der Waals surface area contributed by atoms with Crippen LogP contribution in [-0.4, -0.2) is 11.8 Å². The number of nitrogens with zero attached hydrogens (tertiary/aromatic N) is 1. The second kappa shape index (κ2) is 9.69. The van der Waals surface area contributed by atoms with Crippen LogP contribution in [0.15, 0.2) is 84.9 Å². The number of hydrogen-bond donors (Lipinski definition) is 1. The fourth-order valence-corrected chi connectivity index (χ4v) is 3.09. The highest BCUT2D eigenvalue weighted by Crippen LogP contribution is 2.20. The number of nitrogens with one attached hydrogen (secondary N) is 1. The zero-order chi connectivity index (χ0) is 20.6. The number of carbonyl (C=O) groups excluding carboxylic acids is 2. The quantitative estimate of drug-likeness (QED) is 0.555. The highest BCUT2D eigenvalue weighted by molar-refractivity contribution is 6.09. The average molecular weight is 386 g/mol. The Kier molecular flexibility index (Phi) is 6.80. The molecule has 3 aromatic carbocycles. The van der Waals surface area contributed by atoms with Crippen LogP contribution in [0, 0.1) is 0 Å². The topological polar surface area (TPSA) is 49.4 Å². The molecule has 0 saturated carbocycles. The monoisotopic (exact) mass is 386 g/mol. The van der Waals surface area contributed by atoms with Crippen molar-refractivity contribution in [2.45, 2.75) is 32.7 Å². The van der Waals surface area contributed by atoms with Crippen LogP contribution in [0.4, 0.5) is 11.4 Å². The lowest BCUT2D eigenvalue weighted by atomic mass is 10.0. The summed E-state index contributed by atoms with van der Waals surface area (Å²) in [4.78, 5) is 27.1. The van der Waals surface area contributed by atoms with Crippen LogP contribution in [0.25, 0.3) is 0 Å². The summed E-state index contributed by atoms with van der Waals surface area (Å²) in [6.07, 6.45) is -0.215. The molecule has 3 rings (SSSR count). The van der Waals surface area contributed by atoms with Gasteiger partial charge in [0.2, 0.25) is 11.8 Å². The Hall–Kier alpha value is -3.40. The Morgan fingerprint density at radius 2 is 1.41 bits per heavy atom. The lowest BCUT2D eigenvalue weighted by Crippen LogP contribution is -2.33. The molecular weight excluding hydrogens is 360 g/mol. The molecule has 0 aromatic heterocycles. The third-order valence-corrected chi connectivity index (χ3v) is 4.73. The molecule has 0 heterocycles. The highest BCUT2D eigenvalue weighted by atomic mass is 16.2.